The highest BCUT2D eigenvalue weighted by Gasteiger charge is 2.24. The first-order chi connectivity index (χ1) is 8.36. The van der Waals surface area contributed by atoms with Crippen molar-refractivity contribution >= 4 is 18.3 Å². The van der Waals surface area contributed by atoms with E-state index in [0.717, 1.165) is 0 Å². The van der Waals surface area contributed by atoms with E-state index in [9.17, 15) is 4.79 Å². The van der Waals surface area contributed by atoms with Crippen LogP contribution in [0.5, 0.6) is 0 Å². The maximum atomic E-state index is 11.8. The smallest absolute Gasteiger partial charge is 0.223 e. The lowest BCUT2D eigenvalue weighted by molar-refractivity contribution is -0.130. The highest BCUT2D eigenvalue weighted by atomic mass is 35.5. The third-order valence-corrected chi connectivity index (χ3v) is 3.25. The van der Waals surface area contributed by atoms with Gasteiger partial charge in [0.15, 0.2) is 0 Å². The number of hydrogen-bond acceptors (Lipinski definition) is 2. The molecule has 1 aromatic carbocycles. The molecular weight excluding hydrogens is 260 g/mol. The van der Waals surface area contributed by atoms with Crippen LogP contribution in [-0.4, -0.2) is 30.9 Å². The fourth-order valence-corrected chi connectivity index (χ4v) is 2.09. The van der Waals surface area contributed by atoms with Gasteiger partial charge in [-0.2, -0.15) is 0 Å². The zero-order chi connectivity index (χ0) is 13.8. The minimum absolute atomic E-state index is 0. The summed E-state index contributed by atoms with van der Waals surface area (Å²) in [5.74, 6) is 0.109. The molecule has 0 fully saturated rings. The van der Waals surface area contributed by atoms with E-state index < -0.39 is 0 Å². The lowest BCUT2D eigenvalue weighted by Gasteiger charge is -2.31. The summed E-state index contributed by atoms with van der Waals surface area (Å²) in [4.78, 5) is 13.5. The second-order valence-electron chi connectivity index (χ2n) is 5.54. The van der Waals surface area contributed by atoms with E-state index in [4.69, 9.17) is 5.73 Å². The molecular formula is C15H25ClN2O. The van der Waals surface area contributed by atoms with Gasteiger partial charge in [0, 0.05) is 32.0 Å². The average molecular weight is 285 g/mol. The monoisotopic (exact) mass is 284 g/mol. The molecule has 0 bridgehead atoms. The van der Waals surface area contributed by atoms with Crippen LogP contribution in [0.2, 0.25) is 0 Å². The first-order valence-electron chi connectivity index (χ1n) is 6.38. The normalized spacial score (nSPS) is 10.8. The quantitative estimate of drug-likeness (QED) is 0.903. The second kappa shape index (κ2) is 7.51. The van der Waals surface area contributed by atoms with Gasteiger partial charge in [0.1, 0.15) is 0 Å². The Balaban J connectivity index is 0.00000324. The fraction of sp³-hybridized carbons (Fsp3) is 0.533. The first kappa shape index (κ1) is 17.9. The van der Waals surface area contributed by atoms with Gasteiger partial charge in [-0.25, -0.2) is 0 Å². The molecule has 0 heterocycles. The van der Waals surface area contributed by atoms with Gasteiger partial charge in [0.2, 0.25) is 5.91 Å². The van der Waals surface area contributed by atoms with Crippen LogP contribution in [0.4, 0.5) is 0 Å². The summed E-state index contributed by atoms with van der Waals surface area (Å²) in [6.07, 6.45) is 0.417. The summed E-state index contributed by atoms with van der Waals surface area (Å²) < 4.78 is 0. The number of halogens is 1. The standard InChI is InChI=1S/C15H24N2O.ClH/c1-12-5-7-13(8-6-12)15(2,3)11-17(4)14(18)9-10-16;/h5-8H,9-11,16H2,1-4H3;1H. The van der Waals surface area contributed by atoms with Crippen molar-refractivity contribution in [3.63, 3.8) is 0 Å². The molecule has 0 unspecified atom stereocenters. The van der Waals surface area contributed by atoms with Crippen molar-refractivity contribution in [2.24, 2.45) is 5.73 Å². The lowest BCUT2D eigenvalue weighted by atomic mass is 9.84. The maximum Gasteiger partial charge on any atom is 0.223 e. The molecule has 108 valence electrons. The van der Waals surface area contributed by atoms with Crippen molar-refractivity contribution in [1.29, 1.82) is 0 Å². The van der Waals surface area contributed by atoms with Crippen molar-refractivity contribution < 1.29 is 4.79 Å². The Bertz CT molecular complexity index is 401. The van der Waals surface area contributed by atoms with Crippen molar-refractivity contribution in [1.82, 2.24) is 4.90 Å². The number of nitrogens with zero attached hydrogens (tertiary/aromatic N) is 1. The number of amides is 1. The molecule has 0 spiro atoms. The Kier molecular flexibility index (Phi) is 7.09. The number of carbonyl (C=O) groups is 1. The van der Waals surface area contributed by atoms with Crippen LogP contribution in [0.25, 0.3) is 0 Å². The molecule has 0 aliphatic rings. The molecule has 19 heavy (non-hydrogen) atoms. The number of carbonyl (C=O) groups excluding carboxylic acids is 1. The van der Waals surface area contributed by atoms with Gasteiger partial charge in [-0.05, 0) is 12.5 Å². The number of rotatable bonds is 5. The lowest BCUT2D eigenvalue weighted by Crippen LogP contribution is -2.38. The Morgan fingerprint density at radius 3 is 2.26 bits per heavy atom. The molecule has 3 nitrogen and oxygen atoms in total. The Labute approximate surface area is 122 Å². The zero-order valence-electron chi connectivity index (χ0n) is 12.3. The van der Waals surface area contributed by atoms with Crippen LogP contribution in [0, 0.1) is 6.92 Å². The topological polar surface area (TPSA) is 46.3 Å². The van der Waals surface area contributed by atoms with Gasteiger partial charge in [-0.15, -0.1) is 12.4 Å². The van der Waals surface area contributed by atoms with Gasteiger partial charge in [0.25, 0.3) is 0 Å². The fourth-order valence-electron chi connectivity index (χ4n) is 2.09. The van der Waals surface area contributed by atoms with E-state index in [-0.39, 0.29) is 23.7 Å². The van der Waals surface area contributed by atoms with Crippen LogP contribution in [0.3, 0.4) is 0 Å². The van der Waals surface area contributed by atoms with Crippen molar-refractivity contribution in [3.8, 4) is 0 Å². The maximum absolute atomic E-state index is 11.8. The number of aryl methyl sites for hydroxylation is 1. The number of nitrogens with two attached hydrogens (primary N) is 1. The highest BCUT2D eigenvalue weighted by molar-refractivity contribution is 5.85. The van der Waals surface area contributed by atoms with Gasteiger partial charge in [-0.1, -0.05) is 43.7 Å². The van der Waals surface area contributed by atoms with Crippen LogP contribution < -0.4 is 5.73 Å². The Hall–Kier alpha value is -1.06. The minimum Gasteiger partial charge on any atom is -0.345 e. The molecule has 0 aliphatic carbocycles. The summed E-state index contributed by atoms with van der Waals surface area (Å²) >= 11 is 0. The van der Waals surface area contributed by atoms with E-state index in [1.165, 1.54) is 11.1 Å². The molecule has 4 heteroatoms. The van der Waals surface area contributed by atoms with E-state index in [2.05, 4.69) is 45.0 Å². The third kappa shape index (κ3) is 5.21. The molecule has 1 aromatic rings. The van der Waals surface area contributed by atoms with Gasteiger partial charge in [-0.3, -0.25) is 4.79 Å². The number of benzene rings is 1. The average Bonchev–Trinajstić information content (AvgIpc) is 2.29. The molecule has 1 rings (SSSR count). The van der Waals surface area contributed by atoms with Crippen LogP contribution in [0.15, 0.2) is 24.3 Å². The highest BCUT2D eigenvalue weighted by Crippen LogP contribution is 2.24. The SMILES string of the molecule is Cc1ccc(C(C)(C)CN(C)C(=O)CCN)cc1.Cl. The minimum atomic E-state index is -0.0489. The summed E-state index contributed by atoms with van der Waals surface area (Å²) in [5, 5.41) is 0. The van der Waals surface area contributed by atoms with E-state index >= 15 is 0 Å². The van der Waals surface area contributed by atoms with E-state index in [1.54, 1.807) is 4.90 Å². The molecule has 0 aromatic heterocycles. The molecule has 0 atom stereocenters. The van der Waals surface area contributed by atoms with E-state index in [1.807, 2.05) is 7.05 Å². The summed E-state index contributed by atoms with van der Waals surface area (Å²) in [6, 6.07) is 8.49. The predicted octanol–water partition coefficient (Wildman–Crippen LogP) is 2.50. The number of likely N-dealkylation sites (N-methyl/N-ethyl adjacent to an activating group) is 1. The van der Waals surface area contributed by atoms with Gasteiger partial charge in [0.05, 0.1) is 0 Å². The second-order valence-corrected chi connectivity index (χ2v) is 5.54. The predicted molar refractivity (Wildman–Crippen MR) is 82.8 cm³/mol. The van der Waals surface area contributed by atoms with Crippen molar-refractivity contribution in [2.75, 3.05) is 20.1 Å². The van der Waals surface area contributed by atoms with Gasteiger partial charge < -0.3 is 10.6 Å². The first-order valence-corrected chi connectivity index (χ1v) is 6.38. The zero-order valence-corrected chi connectivity index (χ0v) is 13.1. The van der Waals surface area contributed by atoms with Crippen LogP contribution in [-0.2, 0) is 10.2 Å². The molecule has 0 saturated heterocycles. The largest absolute Gasteiger partial charge is 0.345 e. The molecule has 0 aliphatic heterocycles. The number of hydrogen-bond donors (Lipinski definition) is 1. The molecule has 0 saturated carbocycles. The Morgan fingerprint density at radius 1 is 1.26 bits per heavy atom. The Morgan fingerprint density at radius 2 is 1.79 bits per heavy atom. The third-order valence-electron chi connectivity index (χ3n) is 3.25. The summed E-state index contributed by atoms with van der Waals surface area (Å²) in [6.45, 7) is 7.50. The molecule has 1 amide bonds. The van der Waals surface area contributed by atoms with Crippen LogP contribution >= 0.6 is 12.4 Å². The summed E-state index contributed by atoms with van der Waals surface area (Å²) in [7, 11) is 1.84. The van der Waals surface area contributed by atoms with Crippen molar-refractivity contribution in [3.05, 3.63) is 35.4 Å². The molecule has 2 N–H and O–H groups in total. The molecule has 0 radical (unpaired) electrons. The summed E-state index contributed by atoms with van der Waals surface area (Å²) in [5.41, 5.74) is 7.86. The van der Waals surface area contributed by atoms with Crippen molar-refractivity contribution in [2.45, 2.75) is 32.6 Å². The van der Waals surface area contributed by atoms with Gasteiger partial charge >= 0.3 is 0 Å². The van der Waals surface area contributed by atoms with E-state index in [0.29, 0.717) is 19.5 Å². The van der Waals surface area contributed by atoms with Crippen LogP contribution in [0.1, 0.15) is 31.4 Å².